The maximum Gasteiger partial charge on any atom is 0.175 e. The van der Waals surface area contributed by atoms with Gasteiger partial charge in [-0.05, 0) is 39.7 Å². The Morgan fingerprint density at radius 1 is 1.21 bits per heavy atom. The lowest BCUT2D eigenvalue weighted by Crippen LogP contribution is -2.21. The van der Waals surface area contributed by atoms with Crippen molar-refractivity contribution in [2.45, 2.75) is 33.0 Å². The minimum Gasteiger partial charge on any atom is -0.493 e. The second-order valence-electron chi connectivity index (χ2n) is 5.52. The van der Waals surface area contributed by atoms with Crippen LogP contribution in [0.15, 0.2) is 40.9 Å². The zero-order valence-electron chi connectivity index (χ0n) is 13.9. The molecule has 0 bridgehead atoms. The van der Waals surface area contributed by atoms with Crippen molar-refractivity contribution in [3.63, 3.8) is 0 Å². The van der Waals surface area contributed by atoms with Crippen molar-refractivity contribution in [1.82, 2.24) is 5.32 Å². The maximum atomic E-state index is 6.17. The van der Waals surface area contributed by atoms with Gasteiger partial charge in [0.05, 0.1) is 11.6 Å². The Balaban J connectivity index is 0.00000288. The van der Waals surface area contributed by atoms with E-state index in [2.05, 4.69) is 35.1 Å². The Morgan fingerprint density at radius 3 is 2.54 bits per heavy atom. The summed E-state index contributed by atoms with van der Waals surface area (Å²) in [6, 6.07) is 12.1. The molecule has 0 saturated heterocycles. The first-order chi connectivity index (χ1) is 11.0. The summed E-state index contributed by atoms with van der Waals surface area (Å²) >= 11 is 9.74. The fourth-order valence-corrected chi connectivity index (χ4v) is 2.90. The van der Waals surface area contributed by atoms with Crippen molar-refractivity contribution in [3.8, 4) is 11.5 Å². The average molecular weight is 435 g/mol. The largest absolute Gasteiger partial charge is 0.493 e. The Labute approximate surface area is 163 Å². The number of rotatable bonds is 7. The maximum absolute atomic E-state index is 6.17. The molecule has 0 heterocycles. The van der Waals surface area contributed by atoms with Gasteiger partial charge >= 0.3 is 0 Å². The predicted octanol–water partition coefficient (Wildman–Crippen LogP) is 5.61. The van der Waals surface area contributed by atoms with Crippen molar-refractivity contribution < 1.29 is 9.47 Å². The van der Waals surface area contributed by atoms with Crippen LogP contribution in [-0.4, -0.2) is 13.2 Å². The Hall–Kier alpha value is -0.940. The van der Waals surface area contributed by atoms with Crippen molar-refractivity contribution >= 4 is 39.9 Å². The standard InChI is InChI=1S/C18H21BrClNO2.ClH/c1-12(2)21-10-13-8-15(19)18(17(9-13)22-3)23-11-14-6-4-5-7-16(14)20;/h4-9,12,21H,10-11H2,1-3H3;1H. The number of methoxy groups -OCH3 is 1. The van der Waals surface area contributed by atoms with Gasteiger partial charge in [-0.15, -0.1) is 12.4 Å². The second-order valence-corrected chi connectivity index (χ2v) is 6.79. The zero-order valence-corrected chi connectivity index (χ0v) is 17.1. The van der Waals surface area contributed by atoms with Crippen molar-refractivity contribution in [2.75, 3.05) is 7.11 Å². The Morgan fingerprint density at radius 2 is 1.92 bits per heavy atom. The lowest BCUT2D eigenvalue weighted by Gasteiger charge is -2.16. The first-order valence-corrected chi connectivity index (χ1v) is 8.64. The normalized spacial score (nSPS) is 10.4. The van der Waals surface area contributed by atoms with E-state index < -0.39 is 0 Å². The van der Waals surface area contributed by atoms with E-state index in [-0.39, 0.29) is 12.4 Å². The van der Waals surface area contributed by atoms with Crippen molar-refractivity contribution in [3.05, 3.63) is 57.0 Å². The van der Waals surface area contributed by atoms with Gasteiger partial charge in [-0.3, -0.25) is 0 Å². The summed E-state index contributed by atoms with van der Waals surface area (Å²) in [7, 11) is 1.64. The summed E-state index contributed by atoms with van der Waals surface area (Å²) in [6.45, 7) is 5.40. The third-order valence-corrected chi connectivity index (χ3v) is 4.29. The van der Waals surface area contributed by atoms with E-state index in [1.54, 1.807) is 7.11 Å². The van der Waals surface area contributed by atoms with Crippen LogP contribution in [0.25, 0.3) is 0 Å². The summed E-state index contributed by atoms with van der Waals surface area (Å²) in [6.07, 6.45) is 0. The molecule has 2 rings (SSSR count). The van der Waals surface area contributed by atoms with E-state index in [1.165, 1.54) is 0 Å². The minimum atomic E-state index is 0. The quantitative estimate of drug-likeness (QED) is 0.614. The molecule has 0 aliphatic rings. The van der Waals surface area contributed by atoms with E-state index in [4.69, 9.17) is 21.1 Å². The number of hydrogen-bond acceptors (Lipinski definition) is 3. The molecule has 3 nitrogen and oxygen atoms in total. The van der Waals surface area contributed by atoms with Crippen LogP contribution in [0.2, 0.25) is 5.02 Å². The monoisotopic (exact) mass is 433 g/mol. The fraction of sp³-hybridized carbons (Fsp3) is 0.333. The summed E-state index contributed by atoms with van der Waals surface area (Å²) in [5.74, 6) is 1.38. The van der Waals surface area contributed by atoms with Gasteiger partial charge in [0.15, 0.2) is 11.5 Å². The van der Waals surface area contributed by atoms with E-state index in [1.807, 2.05) is 36.4 Å². The molecule has 0 aliphatic heterocycles. The summed E-state index contributed by atoms with van der Waals surface area (Å²) in [5, 5.41) is 4.09. The van der Waals surface area contributed by atoms with Crippen LogP contribution < -0.4 is 14.8 Å². The summed E-state index contributed by atoms with van der Waals surface area (Å²) in [5.41, 5.74) is 2.07. The lowest BCUT2D eigenvalue weighted by atomic mass is 10.2. The predicted molar refractivity (Wildman–Crippen MR) is 106 cm³/mol. The average Bonchev–Trinajstić information content (AvgIpc) is 2.52. The van der Waals surface area contributed by atoms with Gasteiger partial charge in [0, 0.05) is 23.2 Å². The van der Waals surface area contributed by atoms with Crippen molar-refractivity contribution in [2.24, 2.45) is 0 Å². The first-order valence-electron chi connectivity index (χ1n) is 7.47. The van der Waals surface area contributed by atoms with E-state index in [0.717, 1.165) is 22.1 Å². The van der Waals surface area contributed by atoms with Gasteiger partial charge in [-0.2, -0.15) is 0 Å². The lowest BCUT2D eigenvalue weighted by molar-refractivity contribution is 0.282. The van der Waals surface area contributed by atoms with Gasteiger partial charge in [0.25, 0.3) is 0 Å². The van der Waals surface area contributed by atoms with E-state index in [0.29, 0.717) is 29.2 Å². The molecule has 1 N–H and O–H groups in total. The SMILES string of the molecule is COc1cc(CNC(C)C)cc(Br)c1OCc1ccccc1Cl.Cl. The van der Waals surface area contributed by atoms with Crippen LogP contribution in [0.1, 0.15) is 25.0 Å². The number of benzene rings is 2. The van der Waals surface area contributed by atoms with Gasteiger partial charge < -0.3 is 14.8 Å². The van der Waals surface area contributed by atoms with Gasteiger partial charge in [-0.25, -0.2) is 0 Å². The highest BCUT2D eigenvalue weighted by atomic mass is 79.9. The summed E-state index contributed by atoms with van der Waals surface area (Å²) < 4.78 is 12.3. The molecule has 0 aromatic heterocycles. The molecular weight excluding hydrogens is 413 g/mol. The highest BCUT2D eigenvalue weighted by Crippen LogP contribution is 2.37. The molecule has 0 amide bonds. The van der Waals surface area contributed by atoms with Crippen LogP contribution >= 0.6 is 39.9 Å². The number of ether oxygens (including phenoxy) is 2. The third kappa shape index (κ3) is 5.85. The molecule has 0 unspecified atom stereocenters. The number of nitrogens with one attached hydrogen (secondary N) is 1. The first kappa shape index (κ1) is 21.1. The van der Waals surface area contributed by atoms with Crippen LogP contribution in [0.3, 0.4) is 0 Å². The van der Waals surface area contributed by atoms with Crippen LogP contribution in [0.4, 0.5) is 0 Å². The Kier molecular flexibility index (Phi) is 8.92. The third-order valence-electron chi connectivity index (χ3n) is 3.33. The van der Waals surface area contributed by atoms with Crippen molar-refractivity contribution in [1.29, 1.82) is 0 Å². The molecule has 132 valence electrons. The molecule has 6 heteroatoms. The highest BCUT2D eigenvalue weighted by molar-refractivity contribution is 9.10. The van der Waals surface area contributed by atoms with Gasteiger partial charge in [0.1, 0.15) is 6.61 Å². The summed E-state index contributed by atoms with van der Waals surface area (Å²) in [4.78, 5) is 0. The smallest absolute Gasteiger partial charge is 0.175 e. The van der Waals surface area contributed by atoms with E-state index >= 15 is 0 Å². The second kappa shape index (κ2) is 10.1. The minimum absolute atomic E-state index is 0. The van der Waals surface area contributed by atoms with Crippen LogP contribution in [0.5, 0.6) is 11.5 Å². The van der Waals surface area contributed by atoms with E-state index in [9.17, 15) is 0 Å². The molecule has 2 aromatic rings. The molecular formula is C18H22BrCl2NO2. The zero-order chi connectivity index (χ0) is 16.8. The molecule has 0 aliphatic carbocycles. The van der Waals surface area contributed by atoms with Crippen LogP contribution in [0, 0.1) is 0 Å². The molecule has 0 spiro atoms. The molecule has 0 saturated carbocycles. The highest BCUT2D eigenvalue weighted by Gasteiger charge is 2.13. The molecule has 24 heavy (non-hydrogen) atoms. The van der Waals surface area contributed by atoms with Gasteiger partial charge in [-0.1, -0.05) is 43.6 Å². The molecule has 0 radical (unpaired) electrons. The van der Waals surface area contributed by atoms with Gasteiger partial charge in [0.2, 0.25) is 0 Å². The molecule has 0 fully saturated rings. The number of hydrogen-bond donors (Lipinski definition) is 1. The fourth-order valence-electron chi connectivity index (χ4n) is 2.10. The Bertz CT molecular complexity index is 665. The van der Waals surface area contributed by atoms with Crippen LogP contribution in [-0.2, 0) is 13.2 Å². The molecule has 0 atom stereocenters. The molecule has 2 aromatic carbocycles. The topological polar surface area (TPSA) is 30.5 Å². The number of halogens is 3.